The first kappa shape index (κ1) is 15.3. The number of piperidine rings is 1. The lowest BCUT2D eigenvalue weighted by molar-refractivity contribution is 0.132. The topological polar surface area (TPSA) is 19.4 Å². The van der Waals surface area contributed by atoms with Gasteiger partial charge in [-0.3, -0.25) is 4.90 Å². The predicted molar refractivity (Wildman–Crippen MR) is 86.2 cm³/mol. The van der Waals surface area contributed by atoms with E-state index in [1.54, 1.807) is 0 Å². The lowest BCUT2D eigenvalue weighted by Crippen LogP contribution is -2.36. The molecular weight excluding hydrogens is 246 g/mol. The van der Waals surface area contributed by atoms with Gasteiger partial charge >= 0.3 is 0 Å². The maximum absolute atomic E-state index is 4.64. The summed E-state index contributed by atoms with van der Waals surface area (Å²) in [5.74, 6) is 1.80. The number of hydrogen-bond acceptors (Lipinski definition) is 3. The summed E-state index contributed by atoms with van der Waals surface area (Å²) < 4.78 is 0. The van der Waals surface area contributed by atoms with Crippen molar-refractivity contribution >= 4 is 5.82 Å². The van der Waals surface area contributed by atoms with Crippen molar-refractivity contribution in [1.29, 1.82) is 0 Å². The molecule has 1 aliphatic heterocycles. The number of hydrogen-bond donors (Lipinski definition) is 0. The highest BCUT2D eigenvalue weighted by molar-refractivity contribution is 5.38. The van der Waals surface area contributed by atoms with Gasteiger partial charge in [-0.1, -0.05) is 26.3 Å². The van der Waals surface area contributed by atoms with Gasteiger partial charge in [0.2, 0.25) is 0 Å². The molecule has 3 nitrogen and oxygen atoms in total. The third-order valence-electron chi connectivity index (χ3n) is 4.23. The number of aromatic nitrogens is 1. The van der Waals surface area contributed by atoms with Crippen LogP contribution in [0.15, 0.2) is 18.3 Å². The molecule has 1 aliphatic rings. The Morgan fingerprint density at radius 2 is 2.15 bits per heavy atom. The van der Waals surface area contributed by atoms with Gasteiger partial charge in [0.1, 0.15) is 5.82 Å². The highest BCUT2D eigenvalue weighted by Crippen LogP contribution is 2.31. The zero-order valence-corrected chi connectivity index (χ0v) is 13.5. The largest absolute Gasteiger partial charge is 0.360 e. The molecule has 112 valence electrons. The molecule has 1 atom stereocenters. The van der Waals surface area contributed by atoms with Crippen molar-refractivity contribution in [3.05, 3.63) is 23.9 Å². The van der Waals surface area contributed by atoms with E-state index in [1.807, 2.05) is 0 Å². The Bertz CT molecular complexity index is 399. The van der Waals surface area contributed by atoms with Crippen LogP contribution in [-0.2, 0) is 0 Å². The van der Waals surface area contributed by atoms with Crippen molar-refractivity contribution < 1.29 is 0 Å². The Labute approximate surface area is 124 Å². The molecule has 1 fully saturated rings. The first-order chi connectivity index (χ1) is 9.61. The molecule has 1 aromatic rings. The van der Waals surface area contributed by atoms with E-state index in [0.29, 0.717) is 6.04 Å². The molecule has 0 radical (unpaired) electrons. The summed E-state index contributed by atoms with van der Waals surface area (Å²) in [6.07, 6.45) is 6.05. The zero-order valence-electron chi connectivity index (χ0n) is 13.5. The molecule has 0 aromatic carbocycles. The van der Waals surface area contributed by atoms with Crippen molar-refractivity contribution in [2.75, 3.05) is 31.6 Å². The molecule has 0 spiro atoms. The maximum Gasteiger partial charge on any atom is 0.128 e. The van der Waals surface area contributed by atoms with Crippen molar-refractivity contribution in [2.45, 2.75) is 46.1 Å². The average Bonchev–Trinajstić information content (AvgIpc) is 2.46. The fraction of sp³-hybridized carbons (Fsp3) is 0.706. The molecule has 2 rings (SSSR count). The Kier molecular flexibility index (Phi) is 5.41. The van der Waals surface area contributed by atoms with Crippen LogP contribution >= 0.6 is 0 Å². The SMILES string of the molecule is CCN(C)c1ccc(C2CCCCN2CC(C)C)cn1. The Balaban J connectivity index is 2.11. The molecule has 0 N–H and O–H groups in total. The van der Waals surface area contributed by atoms with Crippen molar-refractivity contribution in [1.82, 2.24) is 9.88 Å². The van der Waals surface area contributed by atoms with Crippen LogP contribution in [0.3, 0.4) is 0 Å². The van der Waals surface area contributed by atoms with Crippen LogP contribution in [-0.4, -0.2) is 36.6 Å². The molecule has 3 heteroatoms. The van der Waals surface area contributed by atoms with E-state index in [1.165, 1.54) is 37.9 Å². The number of likely N-dealkylation sites (tertiary alicyclic amines) is 1. The van der Waals surface area contributed by atoms with Crippen molar-refractivity contribution in [3.8, 4) is 0 Å². The van der Waals surface area contributed by atoms with E-state index in [0.717, 1.165) is 18.3 Å². The fourth-order valence-electron chi connectivity index (χ4n) is 3.04. The van der Waals surface area contributed by atoms with Crippen molar-refractivity contribution in [2.24, 2.45) is 5.92 Å². The summed E-state index contributed by atoms with van der Waals surface area (Å²) in [5, 5.41) is 0. The van der Waals surface area contributed by atoms with E-state index in [-0.39, 0.29) is 0 Å². The number of anilines is 1. The summed E-state index contributed by atoms with van der Waals surface area (Å²) in [4.78, 5) is 9.46. The molecule has 1 unspecified atom stereocenters. The quantitative estimate of drug-likeness (QED) is 0.816. The van der Waals surface area contributed by atoms with Gasteiger partial charge in [-0.05, 0) is 43.9 Å². The van der Waals surface area contributed by atoms with Crippen molar-refractivity contribution in [3.63, 3.8) is 0 Å². The second kappa shape index (κ2) is 7.07. The first-order valence-electron chi connectivity index (χ1n) is 8.03. The predicted octanol–water partition coefficient (Wildman–Crippen LogP) is 3.72. The van der Waals surface area contributed by atoms with Gasteiger partial charge in [0.15, 0.2) is 0 Å². The van der Waals surface area contributed by atoms with Gasteiger partial charge in [0.25, 0.3) is 0 Å². The fourth-order valence-corrected chi connectivity index (χ4v) is 3.04. The summed E-state index contributed by atoms with van der Waals surface area (Å²) in [6.45, 7) is 10.2. The van der Waals surface area contributed by atoms with Crippen LogP contribution in [0.4, 0.5) is 5.82 Å². The second-order valence-corrected chi connectivity index (χ2v) is 6.36. The van der Waals surface area contributed by atoms with Gasteiger partial charge < -0.3 is 4.90 Å². The van der Waals surface area contributed by atoms with Crippen LogP contribution in [0.5, 0.6) is 0 Å². The van der Waals surface area contributed by atoms with Crippen LogP contribution < -0.4 is 4.90 Å². The Morgan fingerprint density at radius 3 is 2.75 bits per heavy atom. The number of pyridine rings is 1. The molecular formula is C17H29N3. The second-order valence-electron chi connectivity index (χ2n) is 6.36. The van der Waals surface area contributed by atoms with Crippen LogP contribution in [0.2, 0.25) is 0 Å². The summed E-state index contributed by atoms with van der Waals surface area (Å²) in [5.41, 5.74) is 1.39. The lowest BCUT2D eigenvalue weighted by atomic mass is 9.95. The minimum Gasteiger partial charge on any atom is -0.360 e. The van der Waals surface area contributed by atoms with E-state index in [9.17, 15) is 0 Å². The lowest BCUT2D eigenvalue weighted by Gasteiger charge is -2.37. The van der Waals surface area contributed by atoms with Gasteiger partial charge in [0, 0.05) is 32.4 Å². The van der Waals surface area contributed by atoms with Crippen LogP contribution in [0.1, 0.15) is 51.6 Å². The monoisotopic (exact) mass is 275 g/mol. The normalized spacial score (nSPS) is 20.4. The molecule has 1 saturated heterocycles. The molecule has 0 saturated carbocycles. The first-order valence-corrected chi connectivity index (χ1v) is 8.03. The zero-order chi connectivity index (χ0) is 14.5. The highest BCUT2D eigenvalue weighted by Gasteiger charge is 2.24. The van der Waals surface area contributed by atoms with Gasteiger partial charge in [-0.25, -0.2) is 4.98 Å². The molecule has 2 heterocycles. The van der Waals surface area contributed by atoms with Gasteiger partial charge in [-0.2, -0.15) is 0 Å². The number of nitrogens with zero attached hydrogens (tertiary/aromatic N) is 3. The summed E-state index contributed by atoms with van der Waals surface area (Å²) >= 11 is 0. The molecule has 0 bridgehead atoms. The third-order valence-corrected chi connectivity index (χ3v) is 4.23. The minimum atomic E-state index is 0.569. The smallest absolute Gasteiger partial charge is 0.128 e. The minimum absolute atomic E-state index is 0.569. The standard InChI is InChI=1S/C17H29N3/c1-5-19(4)17-10-9-15(12-18-17)16-8-6-7-11-20(16)13-14(2)3/h9-10,12,14,16H,5-8,11,13H2,1-4H3. The molecule has 1 aromatic heterocycles. The van der Waals surface area contributed by atoms with Gasteiger partial charge in [0.05, 0.1) is 0 Å². The van der Waals surface area contributed by atoms with E-state index >= 15 is 0 Å². The molecule has 20 heavy (non-hydrogen) atoms. The number of rotatable bonds is 5. The molecule has 0 amide bonds. The van der Waals surface area contributed by atoms with Gasteiger partial charge in [-0.15, -0.1) is 0 Å². The average molecular weight is 275 g/mol. The van der Waals surface area contributed by atoms with E-state index in [2.05, 4.69) is 60.9 Å². The van der Waals surface area contributed by atoms with E-state index in [4.69, 9.17) is 0 Å². The Hall–Kier alpha value is -1.09. The Morgan fingerprint density at radius 1 is 1.35 bits per heavy atom. The third kappa shape index (κ3) is 3.72. The van der Waals surface area contributed by atoms with Crippen LogP contribution in [0, 0.1) is 5.92 Å². The van der Waals surface area contributed by atoms with Crippen LogP contribution in [0.25, 0.3) is 0 Å². The summed E-state index contributed by atoms with van der Waals surface area (Å²) in [7, 11) is 2.09. The van der Waals surface area contributed by atoms with E-state index < -0.39 is 0 Å². The maximum atomic E-state index is 4.64. The molecule has 0 aliphatic carbocycles. The summed E-state index contributed by atoms with van der Waals surface area (Å²) in [6, 6.07) is 5.01. The highest BCUT2D eigenvalue weighted by atomic mass is 15.2.